The van der Waals surface area contributed by atoms with Gasteiger partial charge in [0.1, 0.15) is 5.75 Å². The number of nitrogens with one attached hydrogen (secondary N) is 2. The Balaban J connectivity index is 1.63. The maximum absolute atomic E-state index is 11.8. The second kappa shape index (κ2) is 12.2. The van der Waals surface area contributed by atoms with Crippen LogP contribution in [0.15, 0.2) is 28.6 Å². The smallest absolute Gasteiger partial charge is 0.305 e. The molecule has 28 heavy (non-hydrogen) atoms. The number of carbonyl (C=O) groups is 2. The van der Waals surface area contributed by atoms with Crippen LogP contribution >= 0.6 is 23.1 Å². The predicted octanol–water partition coefficient (Wildman–Crippen LogP) is 2.71. The number of aromatic nitrogens is 2. The van der Waals surface area contributed by atoms with Gasteiger partial charge in [0.2, 0.25) is 11.0 Å². The molecule has 1 amide bonds. The summed E-state index contributed by atoms with van der Waals surface area (Å²) < 4.78 is 10.7. The number of benzene rings is 1. The van der Waals surface area contributed by atoms with Gasteiger partial charge in [0.15, 0.2) is 4.34 Å². The molecule has 0 aliphatic carbocycles. The van der Waals surface area contributed by atoms with Crippen molar-refractivity contribution in [2.75, 3.05) is 31.3 Å². The lowest BCUT2D eigenvalue weighted by atomic mass is 10.2. The van der Waals surface area contributed by atoms with Crippen LogP contribution in [-0.2, 0) is 20.9 Å². The summed E-state index contributed by atoms with van der Waals surface area (Å²) in [6.07, 6.45) is 0.869. The van der Waals surface area contributed by atoms with Crippen LogP contribution in [0.5, 0.6) is 5.75 Å². The van der Waals surface area contributed by atoms with Gasteiger partial charge in [-0.3, -0.25) is 9.59 Å². The van der Waals surface area contributed by atoms with Gasteiger partial charge >= 0.3 is 5.97 Å². The number of hydrogen-bond donors (Lipinski definition) is 2. The summed E-state index contributed by atoms with van der Waals surface area (Å²) in [6, 6.07) is 7.77. The van der Waals surface area contributed by atoms with Gasteiger partial charge in [0.05, 0.1) is 19.5 Å². The van der Waals surface area contributed by atoms with E-state index in [1.807, 2.05) is 24.3 Å². The number of rotatable bonds is 12. The highest BCUT2D eigenvalue weighted by Crippen LogP contribution is 2.25. The standard InChI is InChI=1S/C18H24N4O4S2/c1-3-26-16(24)5-4-10-19-15(23)12-27-18-22-21-17(28-18)20-11-13-6-8-14(25-2)9-7-13/h6-9H,3-5,10-12H2,1-2H3,(H,19,23)(H,20,21). The van der Waals surface area contributed by atoms with E-state index in [-0.39, 0.29) is 17.6 Å². The molecule has 2 rings (SSSR count). The summed E-state index contributed by atoms with van der Waals surface area (Å²) in [5, 5.41) is 14.9. The van der Waals surface area contributed by atoms with E-state index in [9.17, 15) is 9.59 Å². The second-order valence-corrected chi connectivity index (χ2v) is 7.82. The number of carbonyl (C=O) groups excluding carboxylic acids is 2. The third-order valence-corrected chi connectivity index (χ3v) is 5.54. The first-order valence-corrected chi connectivity index (χ1v) is 10.7. The van der Waals surface area contributed by atoms with Crippen molar-refractivity contribution in [3.63, 3.8) is 0 Å². The molecule has 0 unspecified atom stereocenters. The monoisotopic (exact) mass is 424 g/mol. The van der Waals surface area contributed by atoms with Crippen LogP contribution in [0.3, 0.4) is 0 Å². The zero-order chi connectivity index (χ0) is 20.2. The predicted molar refractivity (Wildman–Crippen MR) is 110 cm³/mol. The highest BCUT2D eigenvalue weighted by Gasteiger charge is 2.09. The van der Waals surface area contributed by atoms with Crippen molar-refractivity contribution in [3.05, 3.63) is 29.8 Å². The van der Waals surface area contributed by atoms with Gasteiger partial charge in [-0.2, -0.15) is 0 Å². The first kappa shape index (κ1) is 22.0. The zero-order valence-corrected chi connectivity index (χ0v) is 17.5. The molecule has 0 fully saturated rings. The summed E-state index contributed by atoms with van der Waals surface area (Å²) in [6.45, 7) is 3.22. The van der Waals surface area contributed by atoms with Gasteiger partial charge in [-0.1, -0.05) is 35.2 Å². The van der Waals surface area contributed by atoms with Gasteiger partial charge in [0, 0.05) is 19.5 Å². The van der Waals surface area contributed by atoms with Gasteiger partial charge in [-0.25, -0.2) is 0 Å². The quantitative estimate of drug-likeness (QED) is 0.305. The van der Waals surface area contributed by atoms with Crippen LogP contribution in [0.2, 0.25) is 0 Å². The van der Waals surface area contributed by atoms with E-state index in [4.69, 9.17) is 9.47 Å². The average Bonchev–Trinajstić information content (AvgIpc) is 3.16. The lowest BCUT2D eigenvalue weighted by Gasteiger charge is -2.04. The third-order valence-electron chi connectivity index (χ3n) is 3.52. The fourth-order valence-electron chi connectivity index (χ4n) is 2.13. The summed E-state index contributed by atoms with van der Waals surface area (Å²) in [5.41, 5.74) is 1.10. The van der Waals surface area contributed by atoms with E-state index in [1.165, 1.54) is 23.1 Å². The summed E-state index contributed by atoms with van der Waals surface area (Å²) in [4.78, 5) is 23.0. The Morgan fingerprint density at radius 1 is 1.21 bits per heavy atom. The Morgan fingerprint density at radius 3 is 2.71 bits per heavy atom. The van der Waals surface area contributed by atoms with Crippen LogP contribution in [0, 0.1) is 0 Å². The van der Waals surface area contributed by atoms with E-state index in [0.717, 1.165) is 15.7 Å². The minimum absolute atomic E-state index is 0.100. The van der Waals surface area contributed by atoms with Crippen molar-refractivity contribution >= 4 is 40.1 Å². The Bertz CT molecular complexity index is 752. The fraction of sp³-hybridized carbons (Fsp3) is 0.444. The number of amides is 1. The van der Waals surface area contributed by atoms with Gasteiger partial charge in [0.25, 0.3) is 0 Å². The molecule has 10 heteroatoms. The van der Waals surface area contributed by atoms with Crippen molar-refractivity contribution in [3.8, 4) is 5.75 Å². The van der Waals surface area contributed by atoms with E-state index in [2.05, 4.69) is 20.8 Å². The summed E-state index contributed by atoms with van der Waals surface area (Å²) in [7, 11) is 1.64. The van der Waals surface area contributed by atoms with Crippen molar-refractivity contribution < 1.29 is 19.1 Å². The molecule has 1 aromatic carbocycles. The molecule has 8 nitrogen and oxygen atoms in total. The van der Waals surface area contributed by atoms with Crippen molar-refractivity contribution in [1.82, 2.24) is 15.5 Å². The number of hydrogen-bond acceptors (Lipinski definition) is 9. The minimum Gasteiger partial charge on any atom is -0.497 e. The van der Waals surface area contributed by atoms with Crippen LogP contribution in [0.25, 0.3) is 0 Å². The van der Waals surface area contributed by atoms with Crippen molar-refractivity contribution in [2.24, 2.45) is 0 Å². The SMILES string of the molecule is CCOC(=O)CCCNC(=O)CSc1nnc(NCc2ccc(OC)cc2)s1. The zero-order valence-electron chi connectivity index (χ0n) is 15.9. The number of thioether (sulfide) groups is 1. The molecule has 0 spiro atoms. The first-order chi connectivity index (χ1) is 13.6. The number of anilines is 1. The van der Waals surface area contributed by atoms with Gasteiger partial charge < -0.3 is 20.1 Å². The number of ether oxygens (including phenoxy) is 2. The third kappa shape index (κ3) is 8.13. The van der Waals surface area contributed by atoms with E-state index < -0.39 is 0 Å². The van der Waals surface area contributed by atoms with Gasteiger partial charge in [-0.05, 0) is 31.0 Å². The molecule has 0 aliphatic rings. The number of esters is 1. The molecule has 2 N–H and O–H groups in total. The Labute approximate surface area is 172 Å². The van der Waals surface area contributed by atoms with Gasteiger partial charge in [-0.15, -0.1) is 10.2 Å². The summed E-state index contributed by atoms with van der Waals surface area (Å²) in [5.74, 6) is 0.732. The molecular weight excluding hydrogens is 400 g/mol. The maximum Gasteiger partial charge on any atom is 0.305 e. The molecule has 1 aromatic heterocycles. The lowest BCUT2D eigenvalue weighted by molar-refractivity contribution is -0.143. The van der Waals surface area contributed by atoms with E-state index >= 15 is 0 Å². The lowest BCUT2D eigenvalue weighted by Crippen LogP contribution is -2.26. The topological polar surface area (TPSA) is 102 Å². The van der Waals surface area contributed by atoms with E-state index in [0.29, 0.717) is 37.7 Å². The summed E-state index contributed by atoms with van der Waals surface area (Å²) >= 11 is 2.74. The molecule has 2 aromatic rings. The Kier molecular flexibility index (Phi) is 9.56. The van der Waals surface area contributed by atoms with Crippen LogP contribution in [0.4, 0.5) is 5.13 Å². The molecule has 0 bridgehead atoms. The normalized spacial score (nSPS) is 10.4. The molecular formula is C18H24N4O4S2. The van der Waals surface area contributed by atoms with Crippen LogP contribution < -0.4 is 15.4 Å². The Hall–Kier alpha value is -2.33. The molecule has 1 heterocycles. The maximum atomic E-state index is 11.8. The highest BCUT2D eigenvalue weighted by atomic mass is 32.2. The van der Waals surface area contributed by atoms with Crippen LogP contribution in [-0.4, -0.2) is 48.1 Å². The number of methoxy groups -OCH3 is 1. The minimum atomic E-state index is -0.241. The van der Waals surface area contributed by atoms with Crippen molar-refractivity contribution in [2.45, 2.75) is 30.6 Å². The average molecular weight is 425 g/mol. The Morgan fingerprint density at radius 2 is 2.00 bits per heavy atom. The highest BCUT2D eigenvalue weighted by molar-refractivity contribution is 8.01. The van der Waals surface area contributed by atoms with E-state index in [1.54, 1.807) is 14.0 Å². The fourth-order valence-corrected chi connectivity index (χ4v) is 3.71. The van der Waals surface area contributed by atoms with Crippen LogP contribution in [0.1, 0.15) is 25.3 Å². The number of nitrogens with zero attached hydrogens (tertiary/aromatic N) is 2. The molecule has 0 aliphatic heterocycles. The van der Waals surface area contributed by atoms with Crippen molar-refractivity contribution in [1.29, 1.82) is 0 Å². The first-order valence-electron chi connectivity index (χ1n) is 8.86. The molecule has 0 saturated heterocycles. The largest absolute Gasteiger partial charge is 0.497 e. The molecule has 0 atom stereocenters. The molecule has 0 saturated carbocycles. The second-order valence-electron chi connectivity index (χ2n) is 5.62. The molecule has 0 radical (unpaired) electrons. The molecule has 152 valence electrons.